The van der Waals surface area contributed by atoms with Gasteiger partial charge >= 0.3 is 0 Å². The van der Waals surface area contributed by atoms with E-state index in [1.54, 1.807) is 0 Å². The van der Waals surface area contributed by atoms with E-state index in [-0.39, 0.29) is 0 Å². The molecule has 0 atom stereocenters. The van der Waals surface area contributed by atoms with Crippen LogP contribution in [0.2, 0.25) is 0 Å². The third kappa shape index (κ3) is 0.960. The molecule has 12 heavy (non-hydrogen) atoms. The summed E-state index contributed by atoms with van der Waals surface area (Å²) in [5.41, 5.74) is 6.15. The average molecular weight is 271 g/mol. The van der Waals surface area contributed by atoms with Crippen molar-refractivity contribution in [1.82, 2.24) is 19.7 Å². The van der Waals surface area contributed by atoms with Gasteiger partial charge in [0.2, 0.25) is 0 Å². The van der Waals surface area contributed by atoms with E-state index >= 15 is 0 Å². The van der Waals surface area contributed by atoms with Crippen molar-refractivity contribution >= 4 is 47.4 Å². The van der Waals surface area contributed by atoms with Gasteiger partial charge in [-0.3, -0.25) is 0 Å². The van der Waals surface area contributed by atoms with Crippen molar-refractivity contribution < 1.29 is 0 Å². The second kappa shape index (κ2) is 2.58. The molecule has 5 nitrogen and oxygen atoms in total. The average Bonchev–Trinajstić information content (AvgIpc) is 2.29. The first-order valence-corrected chi connectivity index (χ1v) is 4.18. The molecule has 2 aromatic rings. The SMILES string of the molecule is [B]n1nc(I)c2c(N)ncnc21. The summed E-state index contributed by atoms with van der Waals surface area (Å²) in [6, 6.07) is 0. The first-order chi connectivity index (χ1) is 5.70. The molecule has 7 heteroatoms. The monoisotopic (exact) mass is 271 g/mol. The van der Waals surface area contributed by atoms with Gasteiger partial charge in [-0.1, -0.05) is 0 Å². The molecule has 0 aromatic carbocycles. The Bertz CT molecular complexity index is 439. The van der Waals surface area contributed by atoms with Gasteiger partial charge in [-0.25, -0.2) is 9.97 Å². The standard InChI is InChI=1S/C5H3BIN5/c6-12-5-2(3(7)11-12)4(8)9-1-10-5/h1H,(H2,8,9,10). The molecule has 2 N–H and O–H groups in total. The molecular formula is C5H3BIN5. The fourth-order valence-corrected chi connectivity index (χ4v) is 1.70. The number of hydrogen-bond donors (Lipinski definition) is 1. The minimum absolute atomic E-state index is 0.404. The first kappa shape index (κ1) is 7.78. The quantitative estimate of drug-likeness (QED) is 0.538. The number of nitrogen functional groups attached to an aromatic ring is 1. The van der Waals surface area contributed by atoms with Crippen molar-refractivity contribution in [3.8, 4) is 0 Å². The predicted molar refractivity (Wildman–Crippen MR) is 53.6 cm³/mol. The van der Waals surface area contributed by atoms with Crippen LogP contribution in [-0.4, -0.2) is 27.6 Å². The van der Waals surface area contributed by atoms with Crippen molar-refractivity contribution in [2.24, 2.45) is 0 Å². The predicted octanol–water partition coefficient (Wildman–Crippen LogP) is -0.0553. The number of fused-ring (bicyclic) bond motifs is 1. The van der Waals surface area contributed by atoms with Crippen LogP contribution < -0.4 is 5.73 Å². The largest absolute Gasteiger partial charge is 0.383 e. The Morgan fingerprint density at radius 3 is 2.92 bits per heavy atom. The summed E-state index contributed by atoms with van der Waals surface area (Å²) in [5.74, 6) is 0.404. The van der Waals surface area contributed by atoms with Crippen molar-refractivity contribution in [3.63, 3.8) is 0 Å². The zero-order valence-electron chi connectivity index (χ0n) is 5.90. The van der Waals surface area contributed by atoms with E-state index in [1.807, 2.05) is 22.6 Å². The summed E-state index contributed by atoms with van der Waals surface area (Å²) in [5, 5.41) is 4.66. The van der Waals surface area contributed by atoms with E-state index in [4.69, 9.17) is 13.7 Å². The molecule has 0 saturated carbocycles. The number of rotatable bonds is 0. The highest BCUT2D eigenvalue weighted by Crippen LogP contribution is 2.20. The molecule has 2 heterocycles. The topological polar surface area (TPSA) is 69.6 Å². The molecule has 0 saturated heterocycles. The van der Waals surface area contributed by atoms with Gasteiger partial charge in [-0.15, -0.1) is 0 Å². The van der Waals surface area contributed by atoms with E-state index in [9.17, 15) is 0 Å². The lowest BCUT2D eigenvalue weighted by atomic mass is 10.4. The first-order valence-electron chi connectivity index (χ1n) is 3.10. The lowest BCUT2D eigenvalue weighted by molar-refractivity contribution is 0.984. The molecule has 2 aromatic heterocycles. The van der Waals surface area contributed by atoms with Gasteiger partial charge < -0.3 is 10.3 Å². The maximum atomic E-state index is 5.61. The third-order valence-electron chi connectivity index (χ3n) is 1.48. The van der Waals surface area contributed by atoms with Crippen LogP contribution in [0.15, 0.2) is 6.33 Å². The summed E-state index contributed by atoms with van der Waals surface area (Å²) in [6.45, 7) is 0. The van der Waals surface area contributed by atoms with Gasteiger partial charge in [0.15, 0.2) is 5.65 Å². The molecular weight excluding hydrogens is 268 g/mol. The molecule has 0 aliphatic rings. The van der Waals surface area contributed by atoms with E-state index in [0.717, 1.165) is 0 Å². The lowest BCUT2D eigenvalue weighted by Crippen LogP contribution is -1.96. The highest BCUT2D eigenvalue weighted by Gasteiger charge is 2.09. The van der Waals surface area contributed by atoms with Crippen LogP contribution in [0, 0.1) is 3.70 Å². The zero-order chi connectivity index (χ0) is 8.72. The van der Waals surface area contributed by atoms with Gasteiger partial charge in [0.25, 0.3) is 7.98 Å². The second-order valence-electron chi connectivity index (χ2n) is 2.19. The molecule has 0 bridgehead atoms. The number of nitrogens with two attached hydrogens (primary N) is 1. The van der Waals surface area contributed by atoms with Gasteiger partial charge in [0.05, 0.1) is 5.39 Å². The van der Waals surface area contributed by atoms with Crippen molar-refractivity contribution in [2.75, 3.05) is 5.73 Å². The Balaban J connectivity index is 2.99. The summed E-state index contributed by atoms with van der Waals surface area (Å²) in [7, 11) is 5.50. The summed E-state index contributed by atoms with van der Waals surface area (Å²) >= 11 is 2.03. The summed E-state index contributed by atoms with van der Waals surface area (Å²) < 4.78 is 1.90. The summed E-state index contributed by atoms with van der Waals surface area (Å²) in [6.07, 6.45) is 1.36. The number of nitrogens with zero attached hydrogens (tertiary/aromatic N) is 4. The van der Waals surface area contributed by atoms with Crippen LogP contribution in [0.3, 0.4) is 0 Å². The minimum Gasteiger partial charge on any atom is -0.383 e. The van der Waals surface area contributed by atoms with Gasteiger partial charge in [0.1, 0.15) is 15.8 Å². The van der Waals surface area contributed by atoms with Gasteiger partial charge in [0, 0.05) is 0 Å². The van der Waals surface area contributed by atoms with Crippen LogP contribution in [0.1, 0.15) is 0 Å². The van der Waals surface area contributed by atoms with E-state index < -0.39 is 0 Å². The highest BCUT2D eigenvalue weighted by molar-refractivity contribution is 14.1. The van der Waals surface area contributed by atoms with Gasteiger partial charge in [-0.2, -0.15) is 5.10 Å². The maximum absolute atomic E-state index is 5.61. The minimum atomic E-state index is 0.404. The fourth-order valence-electron chi connectivity index (χ4n) is 0.953. The Hall–Kier alpha value is -0.855. The van der Waals surface area contributed by atoms with Crippen molar-refractivity contribution in [1.29, 1.82) is 0 Å². The molecule has 2 radical (unpaired) electrons. The number of hydrogen-bond acceptors (Lipinski definition) is 4. The smallest absolute Gasteiger partial charge is 0.267 e. The molecule has 0 aliphatic carbocycles. The van der Waals surface area contributed by atoms with E-state index in [0.29, 0.717) is 20.6 Å². The molecule has 0 amide bonds. The van der Waals surface area contributed by atoms with Gasteiger partial charge in [-0.05, 0) is 22.6 Å². The van der Waals surface area contributed by atoms with Crippen LogP contribution in [0.4, 0.5) is 5.82 Å². The Morgan fingerprint density at radius 2 is 2.25 bits per heavy atom. The molecule has 58 valence electrons. The Kier molecular flexibility index (Phi) is 1.67. The normalized spacial score (nSPS) is 10.8. The van der Waals surface area contributed by atoms with Crippen LogP contribution >= 0.6 is 22.6 Å². The number of aromatic nitrogens is 4. The van der Waals surface area contributed by atoms with Crippen LogP contribution in [0.5, 0.6) is 0 Å². The lowest BCUT2D eigenvalue weighted by Gasteiger charge is -1.93. The fraction of sp³-hybridized carbons (Fsp3) is 0. The number of anilines is 1. The third-order valence-corrected chi connectivity index (χ3v) is 2.23. The van der Waals surface area contributed by atoms with Crippen molar-refractivity contribution in [2.45, 2.75) is 0 Å². The van der Waals surface area contributed by atoms with Crippen molar-refractivity contribution in [3.05, 3.63) is 10.0 Å². The Morgan fingerprint density at radius 1 is 1.50 bits per heavy atom. The molecule has 0 unspecified atom stereocenters. The van der Waals surface area contributed by atoms with E-state index in [1.165, 1.54) is 10.9 Å². The molecule has 0 spiro atoms. The van der Waals surface area contributed by atoms with E-state index in [2.05, 4.69) is 15.1 Å². The van der Waals surface area contributed by atoms with Crippen LogP contribution in [-0.2, 0) is 0 Å². The second-order valence-corrected chi connectivity index (χ2v) is 3.21. The maximum Gasteiger partial charge on any atom is 0.267 e. The Labute approximate surface area is 82.9 Å². The molecule has 0 fully saturated rings. The van der Waals surface area contributed by atoms with Crippen LogP contribution in [0.25, 0.3) is 11.0 Å². The molecule has 0 aliphatic heterocycles. The number of halogens is 1. The molecule has 2 rings (SSSR count). The zero-order valence-corrected chi connectivity index (χ0v) is 8.06. The summed E-state index contributed by atoms with van der Waals surface area (Å²) in [4.78, 5) is 7.78. The highest BCUT2D eigenvalue weighted by atomic mass is 127.